The van der Waals surface area contributed by atoms with Gasteiger partial charge in [0, 0.05) is 13.0 Å². The number of phosphoric acid groups is 1. The fourth-order valence-corrected chi connectivity index (χ4v) is 2.55. The molecule has 0 amide bonds. The van der Waals surface area contributed by atoms with Gasteiger partial charge >= 0.3 is 13.8 Å². The predicted octanol–water partition coefficient (Wildman–Crippen LogP) is -1.35. The van der Waals surface area contributed by atoms with Gasteiger partial charge in [-0.3, -0.25) is 9.32 Å². The third-order valence-corrected chi connectivity index (χ3v) is 4.10. The summed E-state index contributed by atoms with van der Waals surface area (Å²) in [5.41, 5.74) is 0. The van der Waals surface area contributed by atoms with Crippen molar-refractivity contribution in [3.8, 4) is 0 Å². The number of hydrogen-bond donors (Lipinski definition) is 5. The van der Waals surface area contributed by atoms with Gasteiger partial charge in [-0.1, -0.05) is 6.42 Å². The average Bonchev–Trinajstić information content (AvgIpc) is 2.55. The molecule has 0 radical (unpaired) electrons. The van der Waals surface area contributed by atoms with Gasteiger partial charge in [0.1, 0.15) is 24.4 Å². The van der Waals surface area contributed by atoms with Crippen molar-refractivity contribution in [1.29, 1.82) is 0 Å². The van der Waals surface area contributed by atoms with E-state index in [0.29, 0.717) is 19.3 Å². The van der Waals surface area contributed by atoms with E-state index in [1.54, 1.807) is 0 Å². The molecule has 25 heavy (non-hydrogen) atoms. The maximum Gasteiger partial charge on any atom is 0.469 e. The van der Waals surface area contributed by atoms with Crippen LogP contribution in [0.4, 0.5) is 0 Å². The Kier molecular flexibility index (Phi) is 9.43. The van der Waals surface area contributed by atoms with Crippen LogP contribution >= 0.6 is 7.82 Å². The van der Waals surface area contributed by atoms with E-state index in [0.717, 1.165) is 0 Å². The first-order chi connectivity index (χ1) is 11.7. The number of esters is 1. The minimum Gasteiger partial charge on any atom is -0.469 e. The van der Waals surface area contributed by atoms with Gasteiger partial charge in [-0.2, -0.15) is 0 Å². The van der Waals surface area contributed by atoms with Crippen LogP contribution in [0.3, 0.4) is 0 Å². The quantitative estimate of drug-likeness (QED) is 0.170. The molecule has 3 unspecified atom stereocenters. The maximum atomic E-state index is 10.9. The lowest BCUT2D eigenvalue weighted by Crippen LogP contribution is -2.59. The molecule has 0 aromatic rings. The normalized spacial score (nSPS) is 30.2. The van der Waals surface area contributed by atoms with Crippen molar-refractivity contribution in [2.45, 2.75) is 56.4 Å². The van der Waals surface area contributed by atoms with Crippen LogP contribution in [-0.4, -0.2) is 82.1 Å². The number of hydrogen-bond acceptors (Lipinski definition) is 9. The van der Waals surface area contributed by atoms with Gasteiger partial charge < -0.3 is 39.3 Å². The molecule has 1 fully saturated rings. The average molecular weight is 388 g/mol. The van der Waals surface area contributed by atoms with Gasteiger partial charge in [0.05, 0.1) is 13.7 Å². The van der Waals surface area contributed by atoms with E-state index >= 15 is 0 Å². The number of methoxy groups -OCH3 is 1. The number of carbonyl (C=O) groups excluding carboxylic acids is 1. The third-order valence-electron chi connectivity index (χ3n) is 3.61. The Morgan fingerprint density at radius 3 is 2.36 bits per heavy atom. The van der Waals surface area contributed by atoms with Crippen LogP contribution in [0.25, 0.3) is 0 Å². The second-order valence-electron chi connectivity index (χ2n) is 5.56. The van der Waals surface area contributed by atoms with E-state index in [1.165, 1.54) is 7.11 Å². The van der Waals surface area contributed by atoms with E-state index in [9.17, 15) is 24.7 Å². The Labute approximate surface area is 144 Å². The number of carbonyl (C=O) groups is 1. The molecule has 1 aliphatic rings. The molecule has 0 aromatic heterocycles. The monoisotopic (exact) mass is 388 g/mol. The molecule has 0 spiro atoms. The zero-order valence-corrected chi connectivity index (χ0v) is 14.7. The van der Waals surface area contributed by atoms with Crippen molar-refractivity contribution in [3.63, 3.8) is 0 Å². The van der Waals surface area contributed by atoms with Crippen molar-refractivity contribution in [2.24, 2.45) is 0 Å². The van der Waals surface area contributed by atoms with Gasteiger partial charge in [-0.25, -0.2) is 4.57 Å². The molecule has 12 heteroatoms. The molecule has 1 heterocycles. The lowest BCUT2D eigenvalue weighted by Gasteiger charge is -2.40. The smallest absolute Gasteiger partial charge is 0.469 e. The number of unbranched alkanes of at least 4 members (excludes halogenated alkanes) is 2. The van der Waals surface area contributed by atoms with Crippen molar-refractivity contribution >= 4 is 13.8 Å². The van der Waals surface area contributed by atoms with Crippen LogP contribution in [0.1, 0.15) is 25.7 Å². The van der Waals surface area contributed by atoms with Crippen molar-refractivity contribution < 1.29 is 53.2 Å². The number of aliphatic hydroxyl groups excluding tert-OH is 3. The standard InChI is InChI=1S/C13H25O11P/c1-21-9(14)5-3-2-4-6-22-13-12(17)11(16)10(15)8(24-13)7-23-25(18,19)20/h8,10-13,15-17H,2-7H2,1H3,(H2,18,19,20)/t8?,10-,11?,12?,13+/m1/s1. The number of rotatable bonds is 10. The summed E-state index contributed by atoms with van der Waals surface area (Å²) in [4.78, 5) is 28.3. The fourth-order valence-electron chi connectivity index (χ4n) is 2.21. The Balaban J connectivity index is 2.38. The number of ether oxygens (including phenoxy) is 3. The summed E-state index contributed by atoms with van der Waals surface area (Å²) in [6, 6.07) is 0. The highest BCUT2D eigenvalue weighted by molar-refractivity contribution is 7.46. The Bertz CT molecular complexity index is 453. The second kappa shape index (κ2) is 10.5. The molecule has 5 atom stereocenters. The molecule has 0 aromatic carbocycles. The van der Waals surface area contributed by atoms with Gasteiger partial charge in [-0.15, -0.1) is 0 Å². The molecule has 0 saturated carbocycles. The van der Waals surface area contributed by atoms with Crippen molar-refractivity contribution in [2.75, 3.05) is 20.3 Å². The number of phosphoric ester groups is 1. The molecule has 1 aliphatic heterocycles. The summed E-state index contributed by atoms with van der Waals surface area (Å²) in [5, 5.41) is 29.4. The van der Waals surface area contributed by atoms with Crippen LogP contribution in [-0.2, 0) is 28.1 Å². The largest absolute Gasteiger partial charge is 0.469 e. The van der Waals surface area contributed by atoms with E-state index in [4.69, 9.17) is 19.3 Å². The second-order valence-corrected chi connectivity index (χ2v) is 6.80. The van der Waals surface area contributed by atoms with Crippen LogP contribution in [0.5, 0.6) is 0 Å². The molecule has 0 bridgehead atoms. The van der Waals surface area contributed by atoms with Crippen LogP contribution in [0, 0.1) is 0 Å². The molecule has 1 rings (SSSR count). The summed E-state index contributed by atoms with van der Waals surface area (Å²) in [7, 11) is -3.47. The number of aliphatic hydroxyl groups is 3. The molecule has 11 nitrogen and oxygen atoms in total. The fraction of sp³-hybridized carbons (Fsp3) is 0.923. The van der Waals surface area contributed by atoms with E-state index in [2.05, 4.69) is 9.26 Å². The molecule has 1 saturated heterocycles. The molecular weight excluding hydrogens is 363 g/mol. The highest BCUT2D eigenvalue weighted by atomic mass is 31.2. The van der Waals surface area contributed by atoms with Gasteiger partial charge in [0.25, 0.3) is 0 Å². The minimum atomic E-state index is -4.77. The van der Waals surface area contributed by atoms with Crippen LogP contribution < -0.4 is 0 Å². The van der Waals surface area contributed by atoms with E-state index in [1.807, 2.05) is 0 Å². The molecule has 148 valence electrons. The van der Waals surface area contributed by atoms with Gasteiger partial charge in [0.2, 0.25) is 0 Å². The summed E-state index contributed by atoms with van der Waals surface area (Å²) in [6.45, 7) is -0.536. The first-order valence-corrected chi connectivity index (χ1v) is 9.27. The van der Waals surface area contributed by atoms with E-state index in [-0.39, 0.29) is 19.0 Å². The topological polar surface area (TPSA) is 172 Å². The van der Waals surface area contributed by atoms with Crippen LogP contribution in [0.2, 0.25) is 0 Å². The molecular formula is C13H25O11P. The first-order valence-electron chi connectivity index (χ1n) is 7.74. The Morgan fingerprint density at radius 1 is 1.08 bits per heavy atom. The minimum absolute atomic E-state index is 0.151. The summed E-state index contributed by atoms with van der Waals surface area (Å²) in [6.07, 6.45) is -5.23. The zero-order valence-electron chi connectivity index (χ0n) is 13.8. The first kappa shape index (κ1) is 22.4. The Hall–Kier alpha value is -0.620. The highest BCUT2D eigenvalue weighted by Gasteiger charge is 2.44. The van der Waals surface area contributed by atoms with Crippen molar-refractivity contribution in [1.82, 2.24) is 0 Å². The SMILES string of the molecule is COC(=O)CCCCCO[C@H]1OC(COP(=O)(O)O)[C@@H](O)C(O)C1O. The summed E-state index contributed by atoms with van der Waals surface area (Å²) >= 11 is 0. The summed E-state index contributed by atoms with van der Waals surface area (Å²) in [5.74, 6) is -0.308. The highest BCUT2D eigenvalue weighted by Crippen LogP contribution is 2.37. The molecule has 0 aliphatic carbocycles. The van der Waals surface area contributed by atoms with Crippen LogP contribution in [0.15, 0.2) is 0 Å². The lowest BCUT2D eigenvalue weighted by molar-refractivity contribution is -0.300. The zero-order chi connectivity index (χ0) is 19.0. The maximum absolute atomic E-state index is 10.9. The Morgan fingerprint density at radius 2 is 1.76 bits per heavy atom. The third kappa shape index (κ3) is 8.07. The lowest BCUT2D eigenvalue weighted by atomic mass is 9.99. The van der Waals surface area contributed by atoms with Crippen molar-refractivity contribution in [3.05, 3.63) is 0 Å². The van der Waals surface area contributed by atoms with E-state index < -0.39 is 45.1 Å². The molecule has 5 N–H and O–H groups in total. The predicted molar refractivity (Wildman–Crippen MR) is 81.1 cm³/mol. The van der Waals surface area contributed by atoms with Gasteiger partial charge in [0.15, 0.2) is 6.29 Å². The van der Waals surface area contributed by atoms with Gasteiger partial charge in [-0.05, 0) is 12.8 Å². The summed E-state index contributed by atoms with van der Waals surface area (Å²) < 4.78 is 30.0.